The first kappa shape index (κ1) is 83.3. The summed E-state index contributed by atoms with van der Waals surface area (Å²) < 4.78 is 72.3. The lowest BCUT2D eigenvalue weighted by molar-refractivity contribution is -0.383. The quantitative estimate of drug-likeness (QED) is 0.0205. The summed E-state index contributed by atoms with van der Waals surface area (Å²) >= 11 is 0. The summed E-state index contributed by atoms with van der Waals surface area (Å²) in [6.07, 6.45) is -24.1. The summed E-state index contributed by atoms with van der Waals surface area (Å²) in [5.41, 5.74) is 2.09. The third kappa shape index (κ3) is 19.9. The van der Waals surface area contributed by atoms with Gasteiger partial charge >= 0.3 is 0 Å². The Hall–Kier alpha value is -3.95. The van der Waals surface area contributed by atoms with Gasteiger partial charge in [-0.05, 0) is 39.0 Å². The number of nitrogens with one attached hydrogen (secondary N) is 5. The maximum Gasteiger partial charge on any atom is 0.220 e. The lowest BCUT2D eigenvalue weighted by atomic mass is 9.83. The molecule has 6 saturated heterocycles. The number of hydrogen-bond acceptors (Lipinski definition) is 31. The van der Waals surface area contributed by atoms with E-state index in [1.807, 2.05) is 0 Å². The van der Waals surface area contributed by atoms with E-state index >= 15 is 0 Å². The fourth-order valence-corrected chi connectivity index (χ4v) is 14.2. The molecule has 36 nitrogen and oxygen atoms in total. The van der Waals surface area contributed by atoms with Crippen LogP contribution in [-0.2, 0) is 80.8 Å². The molecule has 100 heavy (non-hydrogen) atoms. The lowest BCUT2D eigenvalue weighted by Crippen LogP contribution is -2.79. The number of aliphatic hydroxyl groups is 13. The van der Waals surface area contributed by atoms with Gasteiger partial charge in [0.2, 0.25) is 29.5 Å². The molecule has 31 atom stereocenters. The van der Waals surface area contributed by atoms with Crippen molar-refractivity contribution in [3.8, 4) is 0 Å². The zero-order chi connectivity index (χ0) is 73.5. The Morgan fingerprint density at radius 2 is 0.950 bits per heavy atom. The molecule has 36 heteroatoms. The molecule has 6 aliphatic heterocycles. The molecule has 0 radical (unpaired) electrons. The van der Waals surface area contributed by atoms with E-state index in [1.165, 1.54) is 39.7 Å². The van der Waals surface area contributed by atoms with Crippen molar-refractivity contribution in [2.45, 2.75) is 314 Å². The van der Waals surface area contributed by atoms with Crippen LogP contribution in [0.2, 0.25) is 0 Å². The molecule has 0 bridgehead atoms. The summed E-state index contributed by atoms with van der Waals surface area (Å²) in [6.45, 7) is 3.29. The number of unbranched alkanes of at least 4 members (excludes halogenated alkanes) is 11. The number of allylic oxidation sites excluding steroid dienone is 2. The Morgan fingerprint density at radius 3 is 1.46 bits per heavy atom. The van der Waals surface area contributed by atoms with Crippen LogP contribution in [0.1, 0.15) is 131 Å². The molecule has 19 unspecified atom stereocenters. The van der Waals surface area contributed by atoms with Gasteiger partial charge in [0.1, 0.15) is 133 Å². The monoisotopic (exact) mass is 1440 g/mol. The van der Waals surface area contributed by atoms with Gasteiger partial charge in [-0.25, -0.2) is 0 Å². The van der Waals surface area contributed by atoms with E-state index in [1.54, 1.807) is 0 Å². The van der Waals surface area contributed by atoms with Crippen molar-refractivity contribution in [3.63, 3.8) is 0 Å². The van der Waals surface area contributed by atoms with Crippen molar-refractivity contribution >= 4 is 29.5 Å². The Bertz CT molecular complexity index is 2610. The fourth-order valence-electron chi connectivity index (χ4n) is 14.2. The second kappa shape index (κ2) is 38.4. The molecule has 7 aliphatic rings. The second-order valence-electron chi connectivity index (χ2n) is 27.1. The first-order valence-electron chi connectivity index (χ1n) is 34.6. The van der Waals surface area contributed by atoms with Crippen LogP contribution in [0.3, 0.4) is 0 Å². The van der Waals surface area contributed by atoms with E-state index in [2.05, 4.69) is 45.7 Å². The van der Waals surface area contributed by atoms with Gasteiger partial charge in [-0.3, -0.25) is 24.0 Å². The molecule has 576 valence electrons. The zero-order valence-electron chi connectivity index (χ0n) is 57.7. The number of hydrogen-bond donors (Lipinski definition) is 19. The van der Waals surface area contributed by atoms with Gasteiger partial charge in [-0.15, -0.1) is 0 Å². The topological polar surface area (TPSA) is 545 Å². The molecular weight excluding hydrogens is 1330 g/mol. The normalized spacial score (nSPS) is 42.0. The molecule has 6 heterocycles. The molecule has 5 amide bonds. The van der Waals surface area contributed by atoms with Crippen molar-refractivity contribution in [2.24, 2.45) is 11.7 Å². The highest BCUT2D eigenvalue weighted by Crippen LogP contribution is 2.52. The Balaban J connectivity index is 1.04. The van der Waals surface area contributed by atoms with E-state index in [0.29, 0.717) is 6.42 Å². The maximum absolute atomic E-state index is 13.5. The van der Waals surface area contributed by atoms with Gasteiger partial charge in [-0.2, -0.15) is 0 Å². The average Bonchev–Trinajstić information content (AvgIpc) is 1.52. The van der Waals surface area contributed by atoms with Gasteiger partial charge in [0.15, 0.2) is 37.7 Å². The maximum atomic E-state index is 13.5. The van der Waals surface area contributed by atoms with Gasteiger partial charge in [-0.1, -0.05) is 70.4 Å². The Kier molecular flexibility index (Phi) is 32.0. The largest absolute Gasteiger partial charge is 0.396 e. The smallest absolute Gasteiger partial charge is 0.220 e. The minimum atomic E-state index is -2.10. The molecule has 1 saturated carbocycles. The third-order valence-electron chi connectivity index (χ3n) is 19.5. The lowest BCUT2D eigenvalue weighted by Gasteiger charge is -2.56. The summed E-state index contributed by atoms with van der Waals surface area (Å²) in [7, 11) is 1.18. The van der Waals surface area contributed by atoms with Crippen LogP contribution >= 0.6 is 0 Å². The van der Waals surface area contributed by atoms with Crippen LogP contribution in [0, 0.1) is 5.92 Å². The highest BCUT2D eigenvalue weighted by molar-refractivity contribution is 5.76. The fraction of sp³-hybridized carbons (Fsp3) is 0.891. The van der Waals surface area contributed by atoms with Gasteiger partial charge in [0, 0.05) is 47.1 Å². The van der Waals surface area contributed by atoms with E-state index in [9.17, 15) is 90.4 Å². The summed E-state index contributed by atoms with van der Waals surface area (Å²) in [4.78, 5) is 65.0. The van der Waals surface area contributed by atoms with Crippen molar-refractivity contribution < 1.29 is 147 Å². The van der Waals surface area contributed by atoms with Crippen molar-refractivity contribution in [1.29, 1.82) is 0 Å². The van der Waals surface area contributed by atoms with Gasteiger partial charge in [0.25, 0.3) is 0 Å². The second-order valence-corrected chi connectivity index (χ2v) is 27.1. The van der Waals surface area contributed by atoms with Crippen LogP contribution < -0.4 is 32.3 Å². The molecule has 0 aromatic heterocycles. The average molecular weight is 1440 g/mol. The molecule has 0 aromatic rings. The number of amides is 5. The van der Waals surface area contributed by atoms with Crippen molar-refractivity contribution in [2.75, 3.05) is 40.1 Å². The number of nitrogens with two attached hydrogens (primary N) is 1. The van der Waals surface area contributed by atoms with E-state index < -0.39 is 252 Å². The SMILES string of the molecule is CCCCCC/C=C\CCCCCCCCCC(=O)NC1C(O)[C@H](O)C(CO)O[C@H]1O[C@@H]1C(CO)C2O[C@@H](O[C@@H]3C(CO)O[C@@H](O[C@@H]4C(CO)O[C@@H](O[C@@H]5C(CO[C@@H]6OC(C)(N)[C@@H](O)C(O)C6OC)O[C@@H](O)C(NC(C)=O)C5O)C(NC(C)=O)C4O)C(NC(C)=O)C3O)C2(NC(C)=O)C1O. The molecular formula is C64H110N6O30. The predicted octanol–water partition coefficient (Wildman–Crippen LogP) is -6.40. The highest BCUT2D eigenvalue weighted by atomic mass is 16.8. The third-order valence-corrected chi connectivity index (χ3v) is 19.5. The first-order chi connectivity index (χ1) is 47.5. The van der Waals surface area contributed by atoms with Gasteiger partial charge in [0.05, 0.1) is 45.2 Å². The van der Waals surface area contributed by atoms with Crippen LogP contribution in [0.5, 0.6) is 0 Å². The Morgan fingerprint density at radius 1 is 0.480 bits per heavy atom. The summed E-state index contributed by atoms with van der Waals surface area (Å²) in [6, 6.07) is -6.66. The number of ether oxygens (including phenoxy) is 12. The predicted molar refractivity (Wildman–Crippen MR) is 340 cm³/mol. The van der Waals surface area contributed by atoms with Crippen LogP contribution in [0.4, 0.5) is 0 Å². The number of carbonyl (C=O) groups is 5. The van der Waals surface area contributed by atoms with Crippen LogP contribution in [0.25, 0.3) is 0 Å². The number of methoxy groups -OCH3 is 1. The van der Waals surface area contributed by atoms with Crippen molar-refractivity contribution in [1.82, 2.24) is 26.6 Å². The van der Waals surface area contributed by atoms with Crippen LogP contribution in [-0.4, -0.2) is 319 Å². The number of carbonyl (C=O) groups excluding carboxylic acids is 5. The standard InChI is InChI=1S/C64H110N6O30/c1-8-9-10-11-12-13-14-15-16-17-18-19-20-21-22-23-38(79)69-40-44(81)43(80)34(25-72)92-58(40)95-49-33(24-71)56-64(55(49)87,70-32(5)78)62(99-56)98-51-36(27-74)94-59(42(47(51)84)68-31(4)77)96-50-35(26-73)93-60(41(46(50)83)67-30(3)76)97-52-37(91-57(88)39(45(52)82)66-29(2)75)28-90-61-53(89-7)48(85)54(86)63(6,65)100-61/h13-14,33-37,39-62,71-74,80-88H,8-12,15-28,65H2,1-7H3,(H,66,75)(H,67,76)(H,68,77)(H,69,79)(H,70,78)/b14-13-/t33?,34?,35?,36?,37?,39?,40?,41?,42?,43-,44?,45?,46?,47?,48?,49-,50-,51-,52-,53?,54+,55?,56?,57-,58+,59+,60+,61-,62-,63?,64?/m1/s1. The summed E-state index contributed by atoms with van der Waals surface area (Å²) in [5.74, 6) is -4.98. The number of aliphatic hydroxyl groups excluding tert-OH is 13. The van der Waals surface area contributed by atoms with E-state index in [-0.39, 0.29) is 6.42 Å². The van der Waals surface area contributed by atoms with E-state index in [4.69, 9.17) is 62.6 Å². The minimum absolute atomic E-state index is 0.0218. The number of fused-ring (bicyclic) bond motifs is 1. The molecule has 0 spiro atoms. The molecule has 7 fully saturated rings. The Labute approximate surface area is 580 Å². The summed E-state index contributed by atoms with van der Waals surface area (Å²) in [5, 5.41) is 159. The van der Waals surface area contributed by atoms with E-state index in [0.717, 1.165) is 79.1 Å². The molecule has 7 rings (SSSR count). The first-order valence-corrected chi connectivity index (χ1v) is 34.6. The molecule has 0 aromatic carbocycles. The zero-order valence-corrected chi connectivity index (χ0v) is 57.7. The van der Waals surface area contributed by atoms with Gasteiger partial charge < -0.3 is 156 Å². The number of rotatable bonds is 36. The highest BCUT2D eigenvalue weighted by Gasteiger charge is 2.75. The van der Waals surface area contributed by atoms with Crippen LogP contribution in [0.15, 0.2) is 12.2 Å². The molecule has 1 aliphatic carbocycles. The molecule has 20 N–H and O–H groups in total. The minimum Gasteiger partial charge on any atom is -0.396 e. The van der Waals surface area contributed by atoms with Crippen molar-refractivity contribution in [3.05, 3.63) is 12.2 Å².